The number of benzene rings is 2. The van der Waals surface area contributed by atoms with E-state index in [1.54, 1.807) is 25.2 Å². The largest absolute Gasteiger partial charge is 0.497 e. The number of para-hydroxylation sites is 2. The van der Waals surface area contributed by atoms with Crippen LogP contribution in [0.1, 0.15) is 30.5 Å². The second-order valence-electron chi connectivity index (χ2n) is 8.89. The molecular formula is C27H31N5O4. The number of rotatable bonds is 6. The van der Waals surface area contributed by atoms with Gasteiger partial charge < -0.3 is 29.3 Å². The van der Waals surface area contributed by atoms with E-state index in [1.807, 2.05) is 42.5 Å². The molecule has 188 valence electrons. The van der Waals surface area contributed by atoms with Crippen LogP contribution in [-0.2, 0) is 13.0 Å². The van der Waals surface area contributed by atoms with E-state index in [-0.39, 0.29) is 6.03 Å². The Kier molecular flexibility index (Phi) is 7.06. The summed E-state index contributed by atoms with van der Waals surface area (Å²) in [6.45, 7) is 2.76. The molecule has 1 fully saturated rings. The second-order valence-corrected chi connectivity index (χ2v) is 8.89. The number of nitrogens with zero attached hydrogens (tertiary/aromatic N) is 4. The number of anilines is 2. The average molecular weight is 490 g/mol. The molecule has 2 amide bonds. The number of hydrogen-bond donors (Lipinski definition) is 1. The van der Waals surface area contributed by atoms with Gasteiger partial charge in [0, 0.05) is 37.8 Å². The van der Waals surface area contributed by atoms with Gasteiger partial charge in [0.25, 0.3) is 0 Å². The Balaban J connectivity index is 1.43. The summed E-state index contributed by atoms with van der Waals surface area (Å²) >= 11 is 0. The summed E-state index contributed by atoms with van der Waals surface area (Å²) in [7, 11) is 3.21. The molecular weight excluding hydrogens is 458 g/mol. The first kappa shape index (κ1) is 23.7. The van der Waals surface area contributed by atoms with Crippen LogP contribution in [0.5, 0.6) is 23.1 Å². The van der Waals surface area contributed by atoms with E-state index < -0.39 is 0 Å². The Morgan fingerprint density at radius 3 is 2.50 bits per heavy atom. The zero-order valence-electron chi connectivity index (χ0n) is 20.7. The quantitative estimate of drug-likeness (QED) is 0.529. The van der Waals surface area contributed by atoms with Gasteiger partial charge in [-0.25, -0.2) is 9.78 Å². The van der Waals surface area contributed by atoms with Gasteiger partial charge >= 0.3 is 6.03 Å². The molecule has 36 heavy (non-hydrogen) atoms. The zero-order chi connectivity index (χ0) is 24.9. The van der Waals surface area contributed by atoms with Gasteiger partial charge in [0.15, 0.2) is 11.5 Å². The molecule has 9 heteroatoms. The predicted octanol–water partition coefficient (Wildman–Crippen LogP) is 4.87. The number of urea groups is 1. The minimum Gasteiger partial charge on any atom is -0.497 e. The average Bonchev–Trinajstić information content (AvgIpc) is 2.93. The van der Waals surface area contributed by atoms with Crippen molar-refractivity contribution < 1.29 is 19.0 Å². The van der Waals surface area contributed by atoms with Gasteiger partial charge in [-0.05, 0) is 43.5 Å². The normalized spacial score (nSPS) is 15.2. The van der Waals surface area contributed by atoms with Gasteiger partial charge in [0.2, 0.25) is 11.8 Å². The molecule has 0 radical (unpaired) electrons. The fraction of sp³-hybridized carbons (Fsp3) is 0.370. The fourth-order valence-electron chi connectivity index (χ4n) is 4.58. The van der Waals surface area contributed by atoms with Gasteiger partial charge in [0.05, 0.1) is 32.0 Å². The summed E-state index contributed by atoms with van der Waals surface area (Å²) in [4.78, 5) is 26.9. The Bertz CT molecular complexity index is 1230. The number of aromatic nitrogens is 2. The van der Waals surface area contributed by atoms with Gasteiger partial charge in [-0.15, -0.1) is 0 Å². The molecule has 0 unspecified atom stereocenters. The van der Waals surface area contributed by atoms with Crippen molar-refractivity contribution in [2.75, 3.05) is 44.1 Å². The molecule has 1 N–H and O–H groups in total. The van der Waals surface area contributed by atoms with E-state index in [4.69, 9.17) is 24.2 Å². The first-order valence-corrected chi connectivity index (χ1v) is 12.3. The number of nitrogens with one attached hydrogen (secondary N) is 1. The van der Waals surface area contributed by atoms with Crippen LogP contribution in [0, 0.1) is 0 Å². The summed E-state index contributed by atoms with van der Waals surface area (Å²) in [5, 5.41) is 2.96. The predicted molar refractivity (Wildman–Crippen MR) is 137 cm³/mol. The van der Waals surface area contributed by atoms with Crippen molar-refractivity contribution in [3.05, 3.63) is 59.8 Å². The summed E-state index contributed by atoms with van der Waals surface area (Å²) in [6.07, 6.45) is 4.10. The van der Waals surface area contributed by atoms with Crippen LogP contribution in [0.15, 0.2) is 48.5 Å². The lowest BCUT2D eigenvalue weighted by Gasteiger charge is -2.32. The molecule has 0 saturated carbocycles. The molecule has 1 saturated heterocycles. The summed E-state index contributed by atoms with van der Waals surface area (Å²) in [6, 6.07) is 14.6. The zero-order valence-corrected chi connectivity index (χ0v) is 20.7. The highest BCUT2D eigenvalue weighted by Crippen LogP contribution is 2.36. The van der Waals surface area contributed by atoms with Crippen molar-refractivity contribution in [1.82, 2.24) is 14.9 Å². The third-order valence-electron chi connectivity index (χ3n) is 6.53. The van der Waals surface area contributed by atoms with Crippen molar-refractivity contribution >= 4 is 17.7 Å². The van der Waals surface area contributed by atoms with E-state index in [0.29, 0.717) is 54.3 Å². The number of carbonyl (C=O) groups is 1. The maximum Gasteiger partial charge on any atom is 0.322 e. The maximum atomic E-state index is 13.1. The van der Waals surface area contributed by atoms with Crippen LogP contribution >= 0.6 is 0 Å². The van der Waals surface area contributed by atoms with E-state index in [2.05, 4.69) is 10.2 Å². The molecule has 1 aromatic heterocycles. The molecule has 2 aromatic carbocycles. The SMILES string of the molecule is COc1cccc(NC(=O)N2CCc3nc(N4CCCCC4)nc(Oc4ccccc4OC)c3C2)c1. The monoisotopic (exact) mass is 489 g/mol. The fourth-order valence-corrected chi connectivity index (χ4v) is 4.58. The van der Waals surface area contributed by atoms with Crippen LogP contribution in [0.3, 0.4) is 0 Å². The number of carbonyl (C=O) groups excluding carboxylic acids is 1. The van der Waals surface area contributed by atoms with Crippen LogP contribution in [0.25, 0.3) is 0 Å². The topological polar surface area (TPSA) is 89.1 Å². The molecule has 0 bridgehead atoms. The van der Waals surface area contributed by atoms with Gasteiger partial charge in [-0.3, -0.25) is 0 Å². The number of fused-ring (bicyclic) bond motifs is 1. The number of ether oxygens (including phenoxy) is 3. The molecule has 3 heterocycles. The minimum atomic E-state index is -0.197. The Morgan fingerprint density at radius 2 is 1.72 bits per heavy atom. The number of piperidine rings is 1. The summed E-state index contributed by atoms with van der Waals surface area (Å²) < 4.78 is 17.1. The molecule has 2 aliphatic heterocycles. The Labute approximate surface area is 211 Å². The lowest BCUT2D eigenvalue weighted by atomic mass is 10.1. The highest BCUT2D eigenvalue weighted by molar-refractivity contribution is 5.89. The Hall–Kier alpha value is -4.01. The first-order chi connectivity index (χ1) is 17.6. The number of methoxy groups -OCH3 is 2. The summed E-state index contributed by atoms with van der Waals surface area (Å²) in [5.74, 6) is 3.02. The highest BCUT2D eigenvalue weighted by atomic mass is 16.5. The minimum absolute atomic E-state index is 0.197. The van der Waals surface area contributed by atoms with Crippen molar-refractivity contribution in [2.24, 2.45) is 0 Å². The number of amides is 2. The van der Waals surface area contributed by atoms with Crippen LogP contribution < -0.4 is 24.4 Å². The first-order valence-electron chi connectivity index (χ1n) is 12.3. The van der Waals surface area contributed by atoms with E-state index in [1.165, 1.54) is 6.42 Å². The van der Waals surface area contributed by atoms with E-state index in [0.717, 1.165) is 37.2 Å². The van der Waals surface area contributed by atoms with Gasteiger partial charge in [-0.1, -0.05) is 18.2 Å². The molecule has 5 rings (SSSR count). The maximum absolute atomic E-state index is 13.1. The van der Waals surface area contributed by atoms with Crippen molar-refractivity contribution in [2.45, 2.75) is 32.2 Å². The molecule has 0 spiro atoms. The highest BCUT2D eigenvalue weighted by Gasteiger charge is 2.28. The van der Waals surface area contributed by atoms with Crippen molar-refractivity contribution in [1.29, 1.82) is 0 Å². The lowest BCUT2D eigenvalue weighted by molar-refractivity contribution is 0.205. The lowest BCUT2D eigenvalue weighted by Crippen LogP contribution is -2.40. The van der Waals surface area contributed by atoms with Gasteiger partial charge in [-0.2, -0.15) is 4.98 Å². The summed E-state index contributed by atoms with van der Waals surface area (Å²) in [5.41, 5.74) is 2.40. The van der Waals surface area contributed by atoms with E-state index >= 15 is 0 Å². The number of hydrogen-bond acceptors (Lipinski definition) is 7. The molecule has 3 aromatic rings. The second kappa shape index (κ2) is 10.7. The third-order valence-corrected chi connectivity index (χ3v) is 6.53. The van der Waals surface area contributed by atoms with Crippen LogP contribution in [0.4, 0.5) is 16.4 Å². The standard InChI is InChI=1S/C27H31N5O4/c1-34-20-10-8-9-19(17-20)28-27(33)32-16-13-22-21(18-32)25(36-24-12-5-4-11-23(24)35-2)30-26(29-22)31-14-6-3-7-15-31/h4-5,8-12,17H,3,6-7,13-16,18H2,1-2H3,(H,28,33). The molecule has 2 aliphatic rings. The van der Waals surface area contributed by atoms with Crippen LogP contribution in [0.2, 0.25) is 0 Å². The smallest absolute Gasteiger partial charge is 0.322 e. The third kappa shape index (κ3) is 5.15. The molecule has 0 atom stereocenters. The van der Waals surface area contributed by atoms with Crippen LogP contribution in [-0.4, -0.2) is 54.8 Å². The van der Waals surface area contributed by atoms with Crippen molar-refractivity contribution in [3.63, 3.8) is 0 Å². The van der Waals surface area contributed by atoms with E-state index in [9.17, 15) is 4.79 Å². The molecule has 0 aliphatic carbocycles. The van der Waals surface area contributed by atoms with Gasteiger partial charge in [0.1, 0.15) is 5.75 Å². The molecule has 9 nitrogen and oxygen atoms in total. The van der Waals surface area contributed by atoms with Crippen molar-refractivity contribution in [3.8, 4) is 23.1 Å². The Morgan fingerprint density at radius 1 is 0.917 bits per heavy atom.